The van der Waals surface area contributed by atoms with Crippen molar-refractivity contribution in [3.63, 3.8) is 0 Å². The van der Waals surface area contributed by atoms with E-state index >= 15 is 0 Å². The highest BCUT2D eigenvalue weighted by Crippen LogP contribution is 2.37. The average Bonchev–Trinajstić information content (AvgIpc) is 2.57. The van der Waals surface area contributed by atoms with Gasteiger partial charge in [0.1, 0.15) is 0 Å². The zero-order chi connectivity index (χ0) is 9.73. The van der Waals surface area contributed by atoms with Crippen molar-refractivity contribution in [2.45, 2.75) is 58.8 Å². The predicted octanol–water partition coefficient (Wildman–Crippen LogP) is 3.33. The van der Waals surface area contributed by atoms with Crippen LogP contribution in [0.3, 0.4) is 0 Å². The number of hydrogen-bond donors (Lipinski definition) is 1. The molecule has 0 bridgehead atoms. The lowest BCUT2D eigenvalue weighted by Gasteiger charge is -2.30. The highest BCUT2D eigenvalue weighted by atomic mass is 14.6. The van der Waals surface area contributed by atoms with Crippen molar-refractivity contribution in [3.05, 3.63) is 0 Å². The SMILES string of the molecule is CCCC(C)(CN)CC1CCCC1. The van der Waals surface area contributed by atoms with E-state index in [2.05, 4.69) is 13.8 Å². The Labute approximate surface area is 83.1 Å². The summed E-state index contributed by atoms with van der Waals surface area (Å²) in [6.07, 6.45) is 9.78. The van der Waals surface area contributed by atoms with Gasteiger partial charge in [-0.2, -0.15) is 0 Å². The Hall–Kier alpha value is -0.0400. The Morgan fingerprint density at radius 3 is 2.38 bits per heavy atom. The molecule has 1 rings (SSSR count). The molecular formula is C12H25N. The molecule has 0 aliphatic heterocycles. The van der Waals surface area contributed by atoms with E-state index in [0.717, 1.165) is 12.5 Å². The second-order valence-electron chi connectivity index (χ2n) is 5.12. The summed E-state index contributed by atoms with van der Waals surface area (Å²) < 4.78 is 0. The summed E-state index contributed by atoms with van der Waals surface area (Å²) in [5.74, 6) is 0.986. The molecule has 1 aliphatic rings. The standard InChI is InChI=1S/C12H25N/c1-3-8-12(2,10-13)9-11-6-4-5-7-11/h11H,3-10,13H2,1-2H3. The van der Waals surface area contributed by atoms with Gasteiger partial charge >= 0.3 is 0 Å². The van der Waals surface area contributed by atoms with E-state index in [-0.39, 0.29) is 0 Å². The molecule has 78 valence electrons. The van der Waals surface area contributed by atoms with Crippen LogP contribution in [0.5, 0.6) is 0 Å². The molecular weight excluding hydrogens is 158 g/mol. The largest absolute Gasteiger partial charge is 0.330 e. The van der Waals surface area contributed by atoms with Gasteiger partial charge in [0.15, 0.2) is 0 Å². The number of rotatable bonds is 5. The Bertz CT molecular complexity index is 138. The first-order chi connectivity index (χ1) is 6.20. The Morgan fingerprint density at radius 1 is 1.31 bits per heavy atom. The summed E-state index contributed by atoms with van der Waals surface area (Å²) in [5, 5.41) is 0. The predicted molar refractivity (Wildman–Crippen MR) is 58.6 cm³/mol. The molecule has 1 atom stereocenters. The van der Waals surface area contributed by atoms with Crippen molar-refractivity contribution in [1.29, 1.82) is 0 Å². The third-order valence-corrected chi connectivity index (χ3v) is 3.60. The van der Waals surface area contributed by atoms with Gasteiger partial charge in [-0.25, -0.2) is 0 Å². The maximum Gasteiger partial charge on any atom is -0.00231 e. The Balaban J connectivity index is 2.36. The van der Waals surface area contributed by atoms with Crippen LogP contribution in [-0.4, -0.2) is 6.54 Å². The van der Waals surface area contributed by atoms with E-state index in [1.54, 1.807) is 0 Å². The van der Waals surface area contributed by atoms with Crippen molar-refractivity contribution < 1.29 is 0 Å². The summed E-state index contributed by atoms with van der Waals surface area (Å²) in [4.78, 5) is 0. The molecule has 0 aromatic carbocycles. The zero-order valence-electron chi connectivity index (χ0n) is 9.31. The minimum Gasteiger partial charge on any atom is -0.330 e. The Morgan fingerprint density at radius 2 is 1.92 bits per heavy atom. The highest BCUT2D eigenvalue weighted by Gasteiger charge is 2.27. The maximum absolute atomic E-state index is 5.87. The molecule has 13 heavy (non-hydrogen) atoms. The first-order valence-electron chi connectivity index (χ1n) is 5.90. The maximum atomic E-state index is 5.87. The van der Waals surface area contributed by atoms with Gasteiger partial charge in [0, 0.05) is 0 Å². The van der Waals surface area contributed by atoms with Crippen LogP contribution in [0.15, 0.2) is 0 Å². The lowest BCUT2D eigenvalue weighted by Crippen LogP contribution is -2.29. The molecule has 0 spiro atoms. The van der Waals surface area contributed by atoms with E-state index in [1.165, 1.54) is 44.9 Å². The first-order valence-corrected chi connectivity index (χ1v) is 5.90. The lowest BCUT2D eigenvalue weighted by atomic mass is 9.77. The molecule has 0 saturated heterocycles. The van der Waals surface area contributed by atoms with Crippen LogP contribution in [0.2, 0.25) is 0 Å². The molecule has 0 aromatic heterocycles. The minimum absolute atomic E-state index is 0.434. The van der Waals surface area contributed by atoms with Crippen molar-refractivity contribution in [3.8, 4) is 0 Å². The summed E-state index contributed by atoms with van der Waals surface area (Å²) >= 11 is 0. The van der Waals surface area contributed by atoms with E-state index in [4.69, 9.17) is 5.73 Å². The zero-order valence-corrected chi connectivity index (χ0v) is 9.31. The van der Waals surface area contributed by atoms with Crippen molar-refractivity contribution >= 4 is 0 Å². The molecule has 1 aliphatic carbocycles. The fourth-order valence-electron chi connectivity index (χ4n) is 2.80. The van der Waals surface area contributed by atoms with Gasteiger partial charge in [-0.05, 0) is 30.7 Å². The summed E-state index contributed by atoms with van der Waals surface area (Å²) in [7, 11) is 0. The normalized spacial score (nSPS) is 23.3. The molecule has 1 fully saturated rings. The first kappa shape index (κ1) is 11.0. The smallest absolute Gasteiger partial charge is 0.00231 e. The fraction of sp³-hybridized carbons (Fsp3) is 1.00. The molecule has 1 heteroatoms. The second kappa shape index (κ2) is 4.99. The molecule has 0 heterocycles. The number of nitrogens with two attached hydrogens (primary N) is 1. The highest BCUT2D eigenvalue weighted by molar-refractivity contribution is 4.80. The van der Waals surface area contributed by atoms with Gasteiger partial charge in [-0.1, -0.05) is 46.0 Å². The monoisotopic (exact) mass is 183 g/mol. The van der Waals surface area contributed by atoms with Gasteiger partial charge in [0.2, 0.25) is 0 Å². The van der Waals surface area contributed by atoms with E-state index < -0.39 is 0 Å². The van der Waals surface area contributed by atoms with Crippen LogP contribution in [0.1, 0.15) is 58.8 Å². The van der Waals surface area contributed by atoms with Crippen molar-refractivity contribution in [2.24, 2.45) is 17.1 Å². The summed E-state index contributed by atoms with van der Waals surface area (Å²) in [5.41, 5.74) is 6.31. The van der Waals surface area contributed by atoms with Crippen LogP contribution < -0.4 is 5.73 Å². The molecule has 1 saturated carbocycles. The molecule has 1 nitrogen and oxygen atoms in total. The van der Waals surface area contributed by atoms with Crippen LogP contribution in [0.25, 0.3) is 0 Å². The molecule has 0 aromatic rings. The van der Waals surface area contributed by atoms with Gasteiger partial charge in [0.05, 0.1) is 0 Å². The molecule has 1 unspecified atom stereocenters. The van der Waals surface area contributed by atoms with E-state index in [9.17, 15) is 0 Å². The fourth-order valence-corrected chi connectivity index (χ4v) is 2.80. The van der Waals surface area contributed by atoms with Gasteiger partial charge in [-0.3, -0.25) is 0 Å². The lowest BCUT2D eigenvalue weighted by molar-refractivity contribution is 0.229. The Kier molecular flexibility index (Phi) is 4.24. The van der Waals surface area contributed by atoms with Gasteiger partial charge < -0.3 is 5.73 Å². The summed E-state index contributed by atoms with van der Waals surface area (Å²) in [6, 6.07) is 0. The van der Waals surface area contributed by atoms with Crippen molar-refractivity contribution in [1.82, 2.24) is 0 Å². The van der Waals surface area contributed by atoms with Crippen LogP contribution in [0.4, 0.5) is 0 Å². The van der Waals surface area contributed by atoms with Gasteiger partial charge in [0.25, 0.3) is 0 Å². The van der Waals surface area contributed by atoms with Crippen molar-refractivity contribution in [2.75, 3.05) is 6.54 Å². The third-order valence-electron chi connectivity index (χ3n) is 3.60. The second-order valence-corrected chi connectivity index (χ2v) is 5.12. The van der Waals surface area contributed by atoms with Crippen LogP contribution in [0, 0.1) is 11.3 Å². The van der Waals surface area contributed by atoms with Crippen LogP contribution in [-0.2, 0) is 0 Å². The number of hydrogen-bond acceptors (Lipinski definition) is 1. The minimum atomic E-state index is 0.434. The molecule has 2 N–H and O–H groups in total. The molecule has 0 amide bonds. The topological polar surface area (TPSA) is 26.0 Å². The van der Waals surface area contributed by atoms with E-state index in [1.807, 2.05) is 0 Å². The average molecular weight is 183 g/mol. The third kappa shape index (κ3) is 3.30. The van der Waals surface area contributed by atoms with Gasteiger partial charge in [-0.15, -0.1) is 0 Å². The van der Waals surface area contributed by atoms with E-state index in [0.29, 0.717) is 5.41 Å². The molecule has 0 radical (unpaired) electrons. The summed E-state index contributed by atoms with van der Waals surface area (Å²) in [6.45, 7) is 5.51. The van der Waals surface area contributed by atoms with Crippen LogP contribution >= 0.6 is 0 Å². The quantitative estimate of drug-likeness (QED) is 0.695.